The van der Waals surface area contributed by atoms with Crippen LogP contribution in [0.25, 0.3) is 32.7 Å². The Balaban J connectivity index is 0.00000578. The van der Waals surface area contributed by atoms with Crippen molar-refractivity contribution in [2.24, 2.45) is 28.1 Å². The number of unbranched alkanes of at least 4 members (excludes halogenated alkanes) is 1. The zero-order valence-corrected chi connectivity index (χ0v) is 39.2. The first kappa shape index (κ1) is 54.0. The summed E-state index contributed by atoms with van der Waals surface area (Å²) in [6, 6.07) is 29.7. The van der Waals surface area contributed by atoms with Crippen LogP contribution in [0.1, 0.15) is 57.9 Å². The van der Waals surface area contributed by atoms with Gasteiger partial charge in [0.1, 0.15) is 36.2 Å². The number of esters is 1. The molecule has 16 heteroatoms. The van der Waals surface area contributed by atoms with Crippen LogP contribution in [0.15, 0.2) is 121 Å². The maximum absolute atomic E-state index is 14.1. The van der Waals surface area contributed by atoms with Crippen molar-refractivity contribution in [3.63, 3.8) is 0 Å². The Morgan fingerprint density at radius 1 is 0.682 bits per heavy atom. The molecule has 14 nitrogen and oxygen atoms in total. The minimum atomic E-state index is -1.13. The zero-order chi connectivity index (χ0) is 45.8. The maximum Gasteiger partial charge on any atom is 0.329 e. The van der Waals surface area contributed by atoms with Crippen molar-refractivity contribution in [1.29, 1.82) is 0 Å². The van der Waals surface area contributed by atoms with E-state index in [-0.39, 0.29) is 69.1 Å². The van der Waals surface area contributed by atoms with Crippen LogP contribution in [0.2, 0.25) is 0 Å². The number of benzene rings is 5. The number of halogens is 2. The summed E-state index contributed by atoms with van der Waals surface area (Å²) in [5, 5.41) is 12.2. The molecule has 5 aromatic rings. The molecule has 5 rings (SSSR count). The van der Waals surface area contributed by atoms with Crippen molar-refractivity contribution in [2.75, 3.05) is 26.3 Å². The fourth-order valence-electron chi connectivity index (χ4n) is 7.18. The molecular formula is C50H63Cl2N7O7. The van der Waals surface area contributed by atoms with Crippen LogP contribution in [0.3, 0.4) is 0 Å². The van der Waals surface area contributed by atoms with Gasteiger partial charge in [0.05, 0.1) is 6.61 Å². The first-order valence-corrected chi connectivity index (χ1v) is 21.8. The van der Waals surface area contributed by atoms with E-state index in [1.807, 2.05) is 103 Å². The lowest BCUT2D eigenvalue weighted by molar-refractivity contribution is -0.149. The predicted octanol–water partition coefficient (Wildman–Crippen LogP) is 6.87. The molecule has 0 aliphatic carbocycles. The molecule has 0 aliphatic rings. The van der Waals surface area contributed by atoms with Crippen LogP contribution in [-0.2, 0) is 30.5 Å². The highest BCUT2D eigenvalue weighted by Crippen LogP contribution is 2.45. The SMILES string of the molecule is C=CC[C@H](NC(=O)[C@@H](CCCN=C(N)N)NC(=O)[C@@H](CCCCN)NC(=O)COc1ccc2ccccc2c1-c1c(OCC(C)C)ccc2ccccc12)C(=O)OCc1ccccc1.Cl.Cl. The lowest BCUT2D eigenvalue weighted by atomic mass is 9.92. The molecule has 0 spiro atoms. The van der Waals surface area contributed by atoms with Crippen molar-refractivity contribution in [2.45, 2.75) is 77.1 Å². The van der Waals surface area contributed by atoms with E-state index in [1.54, 1.807) is 0 Å². The first-order valence-electron chi connectivity index (χ1n) is 21.8. The summed E-state index contributed by atoms with van der Waals surface area (Å²) in [6.07, 6.45) is 3.35. The van der Waals surface area contributed by atoms with Gasteiger partial charge in [-0.2, -0.15) is 0 Å². The number of rotatable bonds is 25. The topological polar surface area (TPSA) is 222 Å². The average molecular weight is 945 g/mol. The maximum atomic E-state index is 14.1. The third-order valence-electron chi connectivity index (χ3n) is 10.4. The number of hydrogen-bond acceptors (Lipinski definition) is 9. The van der Waals surface area contributed by atoms with E-state index < -0.39 is 48.4 Å². The van der Waals surface area contributed by atoms with E-state index in [1.165, 1.54) is 6.08 Å². The van der Waals surface area contributed by atoms with E-state index in [4.69, 9.17) is 31.4 Å². The fourth-order valence-corrected chi connectivity index (χ4v) is 7.18. The molecule has 0 unspecified atom stereocenters. The fraction of sp³-hybridized carbons (Fsp3) is 0.340. The second-order valence-corrected chi connectivity index (χ2v) is 15.9. The Morgan fingerprint density at radius 2 is 1.23 bits per heavy atom. The lowest BCUT2D eigenvalue weighted by Crippen LogP contribution is -2.56. The first-order chi connectivity index (χ1) is 31.0. The predicted molar refractivity (Wildman–Crippen MR) is 267 cm³/mol. The van der Waals surface area contributed by atoms with Gasteiger partial charge in [0, 0.05) is 17.7 Å². The Kier molecular flexibility index (Phi) is 22.8. The molecule has 0 heterocycles. The number of nitrogens with one attached hydrogen (secondary N) is 3. The summed E-state index contributed by atoms with van der Waals surface area (Å²) in [5.41, 5.74) is 19.2. The van der Waals surface area contributed by atoms with Gasteiger partial charge in [-0.3, -0.25) is 19.4 Å². The molecule has 66 heavy (non-hydrogen) atoms. The molecule has 0 saturated carbocycles. The van der Waals surface area contributed by atoms with Gasteiger partial charge < -0.3 is 47.4 Å². The van der Waals surface area contributed by atoms with E-state index >= 15 is 0 Å². The minimum Gasteiger partial charge on any atom is -0.493 e. The van der Waals surface area contributed by atoms with Crippen molar-refractivity contribution in [3.8, 4) is 22.6 Å². The molecule has 0 fully saturated rings. The quantitative estimate of drug-likeness (QED) is 0.0117. The van der Waals surface area contributed by atoms with Crippen molar-refractivity contribution in [3.05, 3.63) is 121 Å². The monoisotopic (exact) mass is 943 g/mol. The third kappa shape index (κ3) is 16.0. The molecule has 0 aliphatic heterocycles. The number of ether oxygens (including phenoxy) is 3. The molecule has 3 atom stereocenters. The highest BCUT2D eigenvalue weighted by molar-refractivity contribution is 6.10. The number of hydrogen-bond donors (Lipinski definition) is 6. The van der Waals surface area contributed by atoms with Gasteiger partial charge in [0.15, 0.2) is 12.6 Å². The van der Waals surface area contributed by atoms with Gasteiger partial charge in [-0.15, -0.1) is 31.4 Å². The molecule has 0 aromatic heterocycles. The summed E-state index contributed by atoms with van der Waals surface area (Å²) < 4.78 is 18.3. The molecule has 0 radical (unpaired) electrons. The summed E-state index contributed by atoms with van der Waals surface area (Å²) >= 11 is 0. The standard InChI is InChI=1S/C50H61N7O7.2ClH/c1-4-15-41(49(61)64-31-34-16-6-5-7-17-34)57-48(60)40(23-14-29-54-50(52)53)56-47(59)39(22-12-13-28-51)55-44(58)32-63-43-27-25-36-19-9-11-21-38(36)46(43)45-37-20-10-8-18-35(37)24-26-42(45)62-30-33(2)3;;/h4-11,16-21,24-27,33,39-41H,1,12-15,22-23,28-32,51H2,2-3H3,(H,55,58)(H,56,59)(H,57,60)(H4,52,53,54);2*1H/t39-,40-,41+;;/m1../s1. The largest absolute Gasteiger partial charge is 0.493 e. The number of nitrogens with zero attached hydrogens (tertiary/aromatic N) is 1. The summed E-state index contributed by atoms with van der Waals surface area (Å²) in [6.45, 7) is 8.56. The number of fused-ring (bicyclic) bond motifs is 2. The highest BCUT2D eigenvalue weighted by Gasteiger charge is 2.30. The summed E-state index contributed by atoms with van der Waals surface area (Å²) in [5.74, 6) is -1.15. The van der Waals surface area contributed by atoms with Crippen LogP contribution >= 0.6 is 24.8 Å². The van der Waals surface area contributed by atoms with Gasteiger partial charge in [0.2, 0.25) is 11.8 Å². The minimum absolute atomic E-state index is 0. The van der Waals surface area contributed by atoms with Gasteiger partial charge >= 0.3 is 5.97 Å². The summed E-state index contributed by atoms with van der Waals surface area (Å²) in [7, 11) is 0. The van der Waals surface area contributed by atoms with Crippen LogP contribution in [0.4, 0.5) is 0 Å². The van der Waals surface area contributed by atoms with Crippen LogP contribution in [0.5, 0.6) is 11.5 Å². The smallest absolute Gasteiger partial charge is 0.329 e. The number of nitrogens with two attached hydrogens (primary N) is 3. The molecule has 3 amide bonds. The second kappa shape index (κ2) is 27.9. The Morgan fingerprint density at radius 3 is 1.80 bits per heavy atom. The normalized spacial score (nSPS) is 12.1. The number of guanidine groups is 1. The number of carbonyl (C=O) groups is 4. The van der Waals surface area contributed by atoms with E-state index in [0.29, 0.717) is 43.9 Å². The Hall–Kier alpha value is -6.35. The zero-order valence-electron chi connectivity index (χ0n) is 37.5. The number of aliphatic imine (C=N–C) groups is 1. The summed E-state index contributed by atoms with van der Waals surface area (Å²) in [4.78, 5) is 59.0. The van der Waals surface area contributed by atoms with Crippen molar-refractivity contribution < 1.29 is 33.4 Å². The third-order valence-corrected chi connectivity index (χ3v) is 10.4. The van der Waals surface area contributed by atoms with Gasteiger partial charge in [-0.05, 0) is 90.2 Å². The Labute approximate surface area is 399 Å². The van der Waals surface area contributed by atoms with Crippen LogP contribution in [0, 0.1) is 5.92 Å². The van der Waals surface area contributed by atoms with Gasteiger partial charge in [-0.1, -0.05) is 111 Å². The number of carbonyl (C=O) groups excluding carboxylic acids is 4. The van der Waals surface area contributed by atoms with Crippen molar-refractivity contribution in [1.82, 2.24) is 16.0 Å². The molecule has 354 valence electrons. The molecule has 0 bridgehead atoms. The highest BCUT2D eigenvalue weighted by atomic mass is 35.5. The Bertz CT molecular complexity index is 2400. The van der Waals surface area contributed by atoms with Gasteiger partial charge in [-0.25, -0.2) is 4.79 Å². The van der Waals surface area contributed by atoms with E-state index in [9.17, 15) is 19.2 Å². The van der Waals surface area contributed by atoms with Gasteiger partial charge in [0.25, 0.3) is 5.91 Å². The van der Waals surface area contributed by atoms with E-state index in [2.05, 4.69) is 41.4 Å². The number of amides is 3. The van der Waals surface area contributed by atoms with Crippen LogP contribution in [-0.4, -0.2) is 74.1 Å². The molecule has 0 saturated heterocycles. The van der Waals surface area contributed by atoms with Crippen molar-refractivity contribution >= 4 is 76.0 Å². The van der Waals surface area contributed by atoms with E-state index in [0.717, 1.165) is 38.2 Å². The lowest BCUT2D eigenvalue weighted by Gasteiger charge is -2.25. The molecule has 9 N–H and O–H groups in total. The van der Waals surface area contributed by atoms with Crippen LogP contribution < -0.4 is 42.6 Å². The molecular weight excluding hydrogens is 881 g/mol. The average Bonchev–Trinajstić information content (AvgIpc) is 3.29. The molecule has 5 aromatic carbocycles. The second-order valence-electron chi connectivity index (χ2n) is 15.9.